The van der Waals surface area contributed by atoms with Crippen molar-refractivity contribution in [2.24, 2.45) is 0 Å². The van der Waals surface area contributed by atoms with E-state index < -0.39 is 6.04 Å². The van der Waals surface area contributed by atoms with Crippen molar-refractivity contribution in [3.63, 3.8) is 0 Å². The van der Waals surface area contributed by atoms with Crippen LogP contribution in [0.4, 0.5) is 0 Å². The number of hydrogen-bond acceptors (Lipinski definition) is 6. The summed E-state index contributed by atoms with van der Waals surface area (Å²) in [5.74, 6) is 1.47. The highest BCUT2D eigenvalue weighted by Gasteiger charge is 2.30. The fraction of sp³-hybridized carbons (Fsp3) is 0.394. The van der Waals surface area contributed by atoms with Gasteiger partial charge in [-0.05, 0) is 61.2 Å². The molecule has 0 saturated carbocycles. The van der Waals surface area contributed by atoms with Crippen LogP contribution in [-0.2, 0) is 33.7 Å². The SMILES string of the molecule is COc1ccc(CN(C(=O)Cc2ccc(OC)c(OC)c2)[C@H](Cc2ccccc2)C(=O)NCCCOC(C)C)cc1. The van der Waals surface area contributed by atoms with Gasteiger partial charge in [0.05, 0.1) is 33.9 Å². The van der Waals surface area contributed by atoms with Crippen molar-refractivity contribution >= 4 is 11.8 Å². The molecule has 0 aliphatic carbocycles. The van der Waals surface area contributed by atoms with E-state index in [-0.39, 0.29) is 30.9 Å². The molecule has 8 nitrogen and oxygen atoms in total. The van der Waals surface area contributed by atoms with Crippen molar-refractivity contribution in [2.75, 3.05) is 34.5 Å². The van der Waals surface area contributed by atoms with Crippen LogP contribution in [0, 0.1) is 0 Å². The summed E-state index contributed by atoms with van der Waals surface area (Å²) in [5, 5.41) is 3.04. The fourth-order valence-corrected chi connectivity index (χ4v) is 4.47. The smallest absolute Gasteiger partial charge is 0.243 e. The quantitative estimate of drug-likeness (QED) is 0.252. The Morgan fingerprint density at radius 1 is 0.805 bits per heavy atom. The maximum atomic E-state index is 14.0. The molecule has 3 aromatic carbocycles. The van der Waals surface area contributed by atoms with Crippen LogP contribution in [-0.4, -0.2) is 63.3 Å². The molecule has 0 saturated heterocycles. The monoisotopic (exact) mass is 562 g/mol. The minimum atomic E-state index is -0.724. The molecular weight excluding hydrogens is 520 g/mol. The lowest BCUT2D eigenvalue weighted by molar-refractivity contribution is -0.140. The number of nitrogens with zero attached hydrogens (tertiary/aromatic N) is 1. The maximum absolute atomic E-state index is 14.0. The zero-order valence-corrected chi connectivity index (χ0v) is 24.7. The Kier molecular flexibility index (Phi) is 12.5. The Morgan fingerprint density at radius 3 is 2.12 bits per heavy atom. The number of carbonyl (C=O) groups is 2. The van der Waals surface area contributed by atoms with Crippen molar-refractivity contribution in [1.82, 2.24) is 10.2 Å². The highest BCUT2D eigenvalue weighted by atomic mass is 16.5. The van der Waals surface area contributed by atoms with Gasteiger partial charge in [0.1, 0.15) is 11.8 Å². The Morgan fingerprint density at radius 2 is 1.49 bits per heavy atom. The van der Waals surface area contributed by atoms with Crippen LogP contribution in [0.15, 0.2) is 72.8 Å². The van der Waals surface area contributed by atoms with Crippen LogP contribution in [0.3, 0.4) is 0 Å². The fourth-order valence-electron chi connectivity index (χ4n) is 4.47. The van der Waals surface area contributed by atoms with E-state index in [9.17, 15) is 9.59 Å². The summed E-state index contributed by atoms with van der Waals surface area (Å²) in [6.07, 6.45) is 1.28. The van der Waals surface area contributed by atoms with E-state index in [0.29, 0.717) is 37.5 Å². The number of amides is 2. The zero-order chi connectivity index (χ0) is 29.6. The number of rotatable bonds is 16. The number of carbonyl (C=O) groups excluding carboxylic acids is 2. The van der Waals surface area contributed by atoms with Gasteiger partial charge in [0, 0.05) is 26.1 Å². The van der Waals surface area contributed by atoms with Crippen molar-refractivity contribution in [3.8, 4) is 17.2 Å². The molecule has 8 heteroatoms. The summed E-state index contributed by atoms with van der Waals surface area (Å²) >= 11 is 0. The minimum absolute atomic E-state index is 0.0946. The Balaban J connectivity index is 1.91. The molecule has 3 aromatic rings. The molecule has 1 N–H and O–H groups in total. The predicted molar refractivity (Wildman–Crippen MR) is 159 cm³/mol. The molecule has 0 aliphatic heterocycles. The van der Waals surface area contributed by atoms with Crippen molar-refractivity contribution in [3.05, 3.63) is 89.5 Å². The molecule has 2 amide bonds. The lowest BCUT2D eigenvalue weighted by Crippen LogP contribution is -2.51. The molecule has 0 radical (unpaired) electrons. The second-order valence-electron chi connectivity index (χ2n) is 10.0. The van der Waals surface area contributed by atoms with Crippen LogP contribution in [0.2, 0.25) is 0 Å². The summed E-state index contributed by atoms with van der Waals surface area (Å²) < 4.78 is 21.7. The third kappa shape index (κ3) is 9.83. The summed E-state index contributed by atoms with van der Waals surface area (Å²) in [5.41, 5.74) is 2.62. The topological polar surface area (TPSA) is 86.3 Å². The first kappa shape index (κ1) is 31.5. The van der Waals surface area contributed by atoms with E-state index in [1.54, 1.807) is 38.4 Å². The van der Waals surface area contributed by atoms with Crippen LogP contribution in [0.25, 0.3) is 0 Å². The van der Waals surface area contributed by atoms with Gasteiger partial charge < -0.3 is 29.2 Å². The van der Waals surface area contributed by atoms with E-state index in [2.05, 4.69) is 5.32 Å². The standard InChI is InChI=1S/C33H42N2O6/c1-24(2)41-19-9-18-34-33(37)29(20-25-10-7-6-8-11-25)35(23-26-12-15-28(38-3)16-13-26)32(36)22-27-14-17-30(39-4)31(21-27)40-5/h6-8,10-17,21,24,29H,9,18-20,22-23H2,1-5H3,(H,34,37)/t29-/m1/s1. The summed E-state index contributed by atoms with van der Waals surface area (Å²) in [4.78, 5) is 29.4. The summed E-state index contributed by atoms with van der Waals surface area (Å²) in [6.45, 7) is 5.23. The minimum Gasteiger partial charge on any atom is -0.497 e. The molecule has 0 aromatic heterocycles. The average molecular weight is 563 g/mol. The molecular formula is C33H42N2O6. The lowest BCUT2D eigenvalue weighted by atomic mass is 10.0. The van der Waals surface area contributed by atoms with Gasteiger partial charge in [0.2, 0.25) is 11.8 Å². The van der Waals surface area contributed by atoms with Crippen molar-refractivity contribution in [2.45, 2.75) is 51.8 Å². The first-order chi connectivity index (χ1) is 19.8. The molecule has 0 unspecified atom stereocenters. The molecule has 3 rings (SSSR count). The first-order valence-electron chi connectivity index (χ1n) is 13.9. The van der Waals surface area contributed by atoms with Gasteiger partial charge in [0.15, 0.2) is 11.5 Å². The van der Waals surface area contributed by atoms with Crippen molar-refractivity contribution in [1.29, 1.82) is 0 Å². The Labute approximate surface area is 243 Å². The number of ether oxygens (including phenoxy) is 4. The normalized spacial score (nSPS) is 11.6. The van der Waals surface area contributed by atoms with Gasteiger partial charge in [-0.3, -0.25) is 9.59 Å². The largest absolute Gasteiger partial charge is 0.497 e. The van der Waals surface area contributed by atoms with Crippen LogP contribution in [0.1, 0.15) is 37.0 Å². The molecule has 1 atom stereocenters. The summed E-state index contributed by atoms with van der Waals surface area (Å²) in [6, 6.07) is 22.0. The van der Waals surface area contributed by atoms with Gasteiger partial charge >= 0.3 is 0 Å². The summed E-state index contributed by atoms with van der Waals surface area (Å²) in [7, 11) is 4.74. The van der Waals surface area contributed by atoms with Crippen LogP contribution < -0.4 is 19.5 Å². The molecule has 220 valence electrons. The molecule has 41 heavy (non-hydrogen) atoms. The van der Waals surface area contributed by atoms with Gasteiger partial charge in [-0.15, -0.1) is 0 Å². The van der Waals surface area contributed by atoms with E-state index in [0.717, 1.165) is 22.4 Å². The third-order valence-electron chi connectivity index (χ3n) is 6.66. The zero-order valence-electron chi connectivity index (χ0n) is 24.7. The maximum Gasteiger partial charge on any atom is 0.243 e. The van der Waals surface area contributed by atoms with Gasteiger partial charge in [-0.25, -0.2) is 0 Å². The predicted octanol–water partition coefficient (Wildman–Crippen LogP) is 4.83. The highest BCUT2D eigenvalue weighted by Crippen LogP contribution is 2.28. The second kappa shape index (κ2) is 16.3. The van der Waals surface area contributed by atoms with Crippen LogP contribution in [0.5, 0.6) is 17.2 Å². The number of benzene rings is 3. The number of nitrogens with one attached hydrogen (secondary N) is 1. The molecule has 0 aliphatic rings. The van der Waals surface area contributed by atoms with Gasteiger partial charge in [0.25, 0.3) is 0 Å². The Hall–Kier alpha value is -4.04. The van der Waals surface area contributed by atoms with E-state index in [1.165, 1.54) is 0 Å². The van der Waals surface area contributed by atoms with Crippen LogP contribution >= 0.6 is 0 Å². The Bertz CT molecular complexity index is 1230. The second-order valence-corrected chi connectivity index (χ2v) is 10.0. The van der Waals surface area contributed by atoms with E-state index in [4.69, 9.17) is 18.9 Å². The first-order valence-corrected chi connectivity index (χ1v) is 13.9. The van der Waals surface area contributed by atoms with E-state index in [1.807, 2.05) is 74.5 Å². The molecule has 0 heterocycles. The van der Waals surface area contributed by atoms with Gasteiger partial charge in [-0.2, -0.15) is 0 Å². The van der Waals surface area contributed by atoms with Crippen molar-refractivity contribution < 1.29 is 28.5 Å². The molecule has 0 spiro atoms. The third-order valence-corrected chi connectivity index (χ3v) is 6.66. The van der Waals surface area contributed by atoms with Gasteiger partial charge in [-0.1, -0.05) is 48.5 Å². The van der Waals surface area contributed by atoms with E-state index >= 15 is 0 Å². The number of methoxy groups -OCH3 is 3. The lowest BCUT2D eigenvalue weighted by Gasteiger charge is -2.32. The highest BCUT2D eigenvalue weighted by molar-refractivity contribution is 5.89. The molecule has 0 fully saturated rings. The average Bonchev–Trinajstić information content (AvgIpc) is 2.99. The number of hydrogen-bond donors (Lipinski definition) is 1. The molecule has 0 bridgehead atoms.